The van der Waals surface area contributed by atoms with Crippen LogP contribution >= 0.6 is 0 Å². The van der Waals surface area contributed by atoms with E-state index in [4.69, 9.17) is 4.99 Å². The number of nitrogens with zero attached hydrogens (tertiary/aromatic N) is 1. The molecule has 0 aliphatic heterocycles. The van der Waals surface area contributed by atoms with Gasteiger partial charge >= 0.3 is 0 Å². The maximum Gasteiger partial charge on any atom is 0.0722 e. The molecule has 0 spiro atoms. The normalized spacial score (nSPS) is 10.3. The van der Waals surface area contributed by atoms with Gasteiger partial charge in [0, 0.05) is 17.2 Å². The SMILES string of the molecule is CC(C)N=C(c1ccccc1)c1ccccc1. The van der Waals surface area contributed by atoms with Gasteiger partial charge in [0.05, 0.1) is 5.71 Å². The highest BCUT2D eigenvalue weighted by atomic mass is 14.8. The summed E-state index contributed by atoms with van der Waals surface area (Å²) in [5.41, 5.74) is 3.42. The van der Waals surface area contributed by atoms with Gasteiger partial charge in [0.15, 0.2) is 0 Å². The molecular formula is C16H17N. The number of hydrogen-bond donors (Lipinski definition) is 0. The molecule has 2 rings (SSSR count). The largest absolute Gasteiger partial charge is 0.281 e. The van der Waals surface area contributed by atoms with Crippen molar-refractivity contribution in [3.05, 3.63) is 71.8 Å². The number of hydrogen-bond acceptors (Lipinski definition) is 1. The molecule has 1 nitrogen and oxygen atoms in total. The third-order valence-corrected chi connectivity index (χ3v) is 2.48. The first-order valence-corrected chi connectivity index (χ1v) is 5.96. The Balaban J connectivity index is 2.47. The zero-order valence-electron chi connectivity index (χ0n) is 10.3. The molecule has 0 aliphatic carbocycles. The first-order chi connectivity index (χ1) is 8.27. The minimum atomic E-state index is 0.297. The van der Waals surface area contributed by atoms with Gasteiger partial charge in [0.2, 0.25) is 0 Å². The van der Waals surface area contributed by atoms with Crippen LogP contribution in [0.2, 0.25) is 0 Å². The van der Waals surface area contributed by atoms with Crippen molar-refractivity contribution in [2.75, 3.05) is 0 Å². The van der Waals surface area contributed by atoms with E-state index in [1.807, 2.05) is 36.4 Å². The Morgan fingerprint density at radius 2 is 1.18 bits per heavy atom. The van der Waals surface area contributed by atoms with Crippen molar-refractivity contribution in [3.8, 4) is 0 Å². The molecule has 17 heavy (non-hydrogen) atoms. The van der Waals surface area contributed by atoms with Crippen molar-refractivity contribution < 1.29 is 0 Å². The molecule has 0 heterocycles. The summed E-state index contributed by atoms with van der Waals surface area (Å²) in [5, 5.41) is 0. The van der Waals surface area contributed by atoms with Crippen LogP contribution in [-0.2, 0) is 0 Å². The minimum Gasteiger partial charge on any atom is -0.281 e. The van der Waals surface area contributed by atoms with Gasteiger partial charge in [0.25, 0.3) is 0 Å². The van der Waals surface area contributed by atoms with E-state index in [1.54, 1.807) is 0 Å². The molecule has 0 atom stereocenters. The van der Waals surface area contributed by atoms with Crippen molar-refractivity contribution in [3.63, 3.8) is 0 Å². The van der Waals surface area contributed by atoms with E-state index >= 15 is 0 Å². The number of aliphatic imine (C=N–C) groups is 1. The summed E-state index contributed by atoms with van der Waals surface area (Å²) in [6.45, 7) is 4.21. The zero-order chi connectivity index (χ0) is 12.1. The van der Waals surface area contributed by atoms with E-state index in [9.17, 15) is 0 Å². The molecule has 0 radical (unpaired) electrons. The predicted octanol–water partition coefficient (Wildman–Crippen LogP) is 3.93. The predicted molar refractivity (Wildman–Crippen MR) is 73.7 cm³/mol. The van der Waals surface area contributed by atoms with Gasteiger partial charge in [-0.15, -0.1) is 0 Å². The lowest BCUT2D eigenvalue weighted by molar-refractivity contribution is 0.837. The standard InChI is InChI=1S/C16H17N/c1-13(2)17-16(14-9-5-3-6-10-14)15-11-7-4-8-12-15/h3-13H,1-2H3. The summed E-state index contributed by atoms with van der Waals surface area (Å²) >= 11 is 0. The topological polar surface area (TPSA) is 12.4 Å². The summed E-state index contributed by atoms with van der Waals surface area (Å²) in [7, 11) is 0. The van der Waals surface area contributed by atoms with E-state index < -0.39 is 0 Å². The Hall–Kier alpha value is -1.89. The van der Waals surface area contributed by atoms with Gasteiger partial charge < -0.3 is 0 Å². The molecule has 0 aromatic heterocycles. The van der Waals surface area contributed by atoms with Gasteiger partial charge in [-0.05, 0) is 13.8 Å². The Morgan fingerprint density at radius 1 is 0.765 bits per heavy atom. The van der Waals surface area contributed by atoms with Crippen molar-refractivity contribution in [1.29, 1.82) is 0 Å². The lowest BCUT2D eigenvalue weighted by Crippen LogP contribution is -2.06. The zero-order valence-corrected chi connectivity index (χ0v) is 10.3. The van der Waals surface area contributed by atoms with Crippen LogP contribution in [0.1, 0.15) is 25.0 Å². The fourth-order valence-corrected chi connectivity index (χ4v) is 1.77. The van der Waals surface area contributed by atoms with Crippen molar-refractivity contribution >= 4 is 5.71 Å². The van der Waals surface area contributed by atoms with E-state index in [2.05, 4.69) is 38.1 Å². The average Bonchev–Trinajstić information content (AvgIpc) is 2.38. The smallest absolute Gasteiger partial charge is 0.0722 e. The van der Waals surface area contributed by atoms with Crippen LogP contribution in [-0.4, -0.2) is 11.8 Å². The van der Waals surface area contributed by atoms with Gasteiger partial charge in [-0.3, -0.25) is 4.99 Å². The molecule has 2 aromatic carbocycles. The second kappa shape index (κ2) is 5.44. The van der Waals surface area contributed by atoms with Crippen LogP contribution in [0.3, 0.4) is 0 Å². The second-order valence-corrected chi connectivity index (χ2v) is 4.30. The molecule has 0 aliphatic rings. The molecule has 2 aromatic rings. The molecule has 0 saturated carbocycles. The minimum absolute atomic E-state index is 0.297. The van der Waals surface area contributed by atoms with Crippen molar-refractivity contribution in [2.45, 2.75) is 19.9 Å². The molecule has 0 N–H and O–H groups in total. The van der Waals surface area contributed by atoms with Crippen LogP contribution in [0.4, 0.5) is 0 Å². The summed E-state index contributed by atoms with van der Waals surface area (Å²) in [6.07, 6.45) is 0. The van der Waals surface area contributed by atoms with Crippen LogP contribution in [0.25, 0.3) is 0 Å². The molecule has 86 valence electrons. The monoisotopic (exact) mass is 223 g/mol. The molecule has 0 saturated heterocycles. The van der Waals surface area contributed by atoms with Crippen molar-refractivity contribution in [1.82, 2.24) is 0 Å². The van der Waals surface area contributed by atoms with E-state index in [0.717, 1.165) is 5.71 Å². The maximum absolute atomic E-state index is 4.73. The summed E-state index contributed by atoms with van der Waals surface area (Å²) < 4.78 is 0. The van der Waals surface area contributed by atoms with Crippen LogP contribution in [0.15, 0.2) is 65.7 Å². The Bertz CT molecular complexity index is 442. The summed E-state index contributed by atoms with van der Waals surface area (Å²) in [6, 6.07) is 21.0. The number of benzene rings is 2. The van der Waals surface area contributed by atoms with Crippen LogP contribution in [0.5, 0.6) is 0 Å². The van der Waals surface area contributed by atoms with Gasteiger partial charge in [0.1, 0.15) is 0 Å². The third-order valence-electron chi connectivity index (χ3n) is 2.48. The van der Waals surface area contributed by atoms with Gasteiger partial charge in [-0.25, -0.2) is 0 Å². The second-order valence-electron chi connectivity index (χ2n) is 4.30. The van der Waals surface area contributed by atoms with E-state index in [-0.39, 0.29) is 0 Å². The highest BCUT2D eigenvalue weighted by Gasteiger charge is 2.06. The first-order valence-electron chi connectivity index (χ1n) is 5.96. The van der Waals surface area contributed by atoms with Gasteiger partial charge in [-0.2, -0.15) is 0 Å². The molecular weight excluding hydrogens is 206 g/mol. The lowest BCUT2D eigenvalue weighted by Gasteiger charge is -2.09. The maximum atomic E-state index is 4.73. The molecule has 0 fully saturated rings. The van der Waals surface area contributed by atoms with E-state index in [0.29, 0.717) is 6.04 Å². The quantitative estimate of drug-likeness (QED) is 0.699. The highest BCUT2D eigenvalue weighted by molar-refractivity contribution is 6.12. The summed E-state index contributed by atoms with van der Waals surface area (Å²) in [4.78, 5) is 4.73. The lowest BCUT2D eigenvalue weighted by atomic mass is 10.0. The fourth-order valence-electron chi connectivity index (χ4n) is 1.77. The Labute approximate surface area is 103 Å². The van der Waals surface area contributed by atoms with E-state index in [1.165, 1.54) is 11.1 Å². The Morgan fingerprint density at radius 3 is 1.53 bits per heavy atom. The van der Waals surface area contributed by atoms with Crippen LogP contribution in [0, 0.1) is 0 Å². The molecule has 0 bridgehead atoms. The fraction of sp³-hybridized carbons (Fsp3) is 0.188. The van der Waals surface area contributed by atoms with Crippen molar-refractivity contribution in [2.24, 2.45) is 4.99 Å². The third kappa shape index (κ3) is 3.04. The average molecular weight is 223 g/mol. The first kappa shape index (κ1) is 11.6. The molecule has 1 heteroatoms. The molecule has 0 amide bonds. The molecule has 0 unspecified atom stereocenters. The Kier molecular flexibility index (Phi) is 3.71. The summed E-state index contributed by atoms with van der Waals surface area (Å²) in [5.74, 6) is 0. The highest BCUT2D eigenvalue weighted by Crippen LogP contribution is 2.11. The number of rotatable bonds is 3. The van der Waals surface area contributed by atoms with Crippen LogP contribution < -0.4 is 0 Å². The van der Waals surface area contributed by atoms with Gasteiger partial charge in [-0.1, -0.05) is 60.7 Å².